The van der Waals surface area contributed by atoms with Gasteiger partial charge < -0.3 is 62.5 Å². The molecule has 37 heavy (non-hydrogen) atoms. The maximum atomic E-state index is 9.97. The van der Waals surface area contributed by atoms with Gasteiger partial charge in [0.15, 0.2) is 0 Å². The van der Waals surface area contributed by atoms with Gasteiger partial charge in [0, 0.05) is 24.2 Å². The van der Waals surface area contributed by atoms with Gasteiger partial charge in [-0.1, -0.05) is 79.1 Å². The molecule has 0 aliphatic carbocycles. The van der Waals surface area contributed by atoms with Gasteiger partial charge in [-0.25, -0.2) is 0 Å². The van der Waals surface area contributed by atoms with Gasteiger partial charge in [0.25, 0.3) is 0 Å². The first-order chi connectivity index (χ1) is 16.7. The third-order valence-corrected chi connectivity index (χ3v) is 4.69. The topological polar surface area (TPSA) is 265 Å². The molecule has 0 fully saturated rings. The van der Waals surface area contributed by atoms with Crippen molar-refractivity contribution in [2.45, 2.75) is 129 Å². The molecular weight excluding hydrogens is 568 g/mol. The molecule has 8 N–H and O–H groups in total. The summed E-state index contributed by atoms with van der Waals surface area (Å²) in [6.45, 7) is 7.95. The summed E-state index contributed by atoms with van der Waals surface area (Å²) in [5.74, 6) is -4.60. The maximum Gasteiger partial charge on any atom is 4.00 e. The average molecular weight is 617 g/mol. The van der Waals surface area contributed by atoms with Crippen molar-refractivity contribution >= 4 is 23.9 Å². The third kappa shape index (κ3) is 39.1. The van der Waals surface area contributed by atoms with Crippen LogP contribution in [0.5, 0.6) is 0 Å². The molecule has 0 aliphatic heterocycles. The molecule has 0 saturated heterocycles. The number of carbonyl (C=O) groups excluding carboxylic acids is 4. The summed E-state index contributed by atoms with van der Waals surface area (Å²) in [5, 5.41) is 39.9. The molecule has 12 nitrogen and oxygen atoms in total. The van der Waals surface area contributed by atoms with E-state index in [9.17, 15) is 39.6 Å². The molecule has 0 aromatic carbocycles. The van der Waals surface area contributed by atoms with Crippen LogP contribution >= 0.6 is 0 Å². The Morgan fingerprint density at radius 3 is 0.676 bits per heavy atom. The first-order valence-electron chi connectivity index (χ1n) is 12.6. The minimum absolute atomic E-state index is 0. The van der Waals surface area contributed by atoms with E-state index in [2.05, 4.69) is 0 Å². The van der Waals surface area contributed by atoms with Crippen molar-refractivity contribution in [2.75, 3.05) is 0 Å². The second-order valence-corrected chi connectivity index (χ2v) is 8.27. The monoisotopic (exact) mass is 618 g/mol. The van der Waals surface area contributed by atoms with Crippen molar-refractivity contribution in [2.24, 2.45) is 22.9 Å². The number of carboxylic acid groups (broad SMARTS) is 4. The molecule has 0 amide bonds. The standard InChI is InChI=1S/4C6H13NO2.Mo/c4*1-2-3-4-5(7)6(8)9;/h4*5H,2-4,7H2,1H3,(H,8,9);/q;;;;+4/p-4. The van der Waals surface area contributed by atoms with Crippen molar-refractivity contribution in [3.63, 3.8) is 0 Å². The Hall–Kier alpha value is -1.59. The first-order valence-corrected chi connectivity index (χ1v) is 12.6. The fraction of sp³-hybridized carbons (Fsp3) is 0.833. The van der Waals surface area contributed by atoms with Crippen LogP contribution in [0.2, 0.25) is 0 Å². The molecule has 4 unspecified atom stereocenters. The molecule has 0 saturated carbocycles. The zero-order chi connectivity index (χ0) is 29.1. The number of nitrogens with two attached hydrogens (primary N) is 4. The van der Waals surface area contributed by atoms with Gasteiger partial charge in [0.05, 0.1) is 23.9 Å². The van der Waals surface area contributed by atoms with Crippen molar-refractivity contribution in [3.05, 3.63) is 0 Å². The number of hydrogen-bond donors (Lipinski definition) is 4. The zero-order valence-electron chi connectivity index (χ0n) is 22.8. The fourth-order valence-electron chi connectivity index (χ4n) is 2.17. The van der Waals surface area contributed by atoms with Gasteiger partial charge in [-0.2, -0.15) is 0 Å². The summed E-state index contributed by atoms with van der Waals surface area (Å²) in [4.78, 5) is 39.9. The van der Waals surface area contributed by atoms with Gasteiger partial charge >= 0.3 is 21.1 Å². The minimum atomic E-state index is -1.15. The van der Waals surface area contributed by atoms with E-state index >= 15 is 0 Å². The predicted octanol–water partition coefficient (Wildman–Crippen LogP) is -2.99. The quantitative estimate of drug-likeness (QED) is 0.127. The summed E-state index contributed by atoms with van der Waals surface area (Å²) >= 11 is 0. The SMILES string of the molecule is CCCCC(N)C(=O)[O-].CCCCC(N)C(=O)[O-].CCCCC(N)C(=O)[O-].CCCCC(N)C(=O)[O-].[Mo+4]. The van der Waals surface area contributed by atoms with Crippen molar-refractivity contribution in [1.82, 2.24) is 0 Å². The number of unbranched alkanes of at least 4 members (excludes halogenated alkanes) is 4. The first kappa shape index (κ1) is 45.3. The summed E-state index contributed by atoms with van der Waals surface area (Å²) in [7, 11) is 0. The number of aliphatic carboxylic acids is 4. The smallest absolute Gasteiger partial charge is 0.548 e. The normalized spacial score (nSPS) is 12.8. The summed E-state index contributed by atoms with van der Waals surface area (Å²) < 4.78 is 0. The van der Waals surface area contributed by atoms with E-state index in [1.165, 1.54) is 0 Å². The second-order valence-electron chi connectivity index (χ2n) is 8.27. The molecule has 0 heterocycles. The Kier molecular flexibility index (Phi) is 39.7. The molecule has 0 aromatic heterocycles. The predicted molar refractivity (Wildman–Crippen MR) is 130 cm³/mol. The van der Waals surface area contributed by atoms with Gasteiger partial charge in [-0.05, 0) is 25.7 Å². The molecule has 4 atom stereocenters. The third-order valence-electron chi connectivity index (χ3n) is 4.69. The van der Waals surface area contributed by atoms with Crippen molar-refractivity contribution in [3.8, 4) is 0 Å². The zero-order valence-corrected chi connectivity index (χ0v) is 24.8. The number of hydrogen-bond acceptors (Lipinski definition) is 12. The van der Waals surface area contributed by atoms with Crippen LogP contribution in [-0.4, -0.2) is 48.0 Å². The van der Waals surface area contributed by atoms with E-state index in [0.717, 1.165) is 51.4 Å². The van der Waals surface area contributed by atoms with Crippen LogP contribution in [0.15, 0.2) is 0 Å². The molecular formula is C24H48MoN4O8. The van der Waals surface area contributed by atoms with E-state index in [4.69, 9.17) is 22.9 Å². The van der Waals surface area contributed by atoms with Gasteiger partial charge in [-0.3, -0.25) is 0 Å². The van der Waals surface area contributed by atoms with Crippen LogP contribution in [-0.2, 0) is 40.2 Å². The maximum absolute atomic E-state index is 9.97. The van der Waals surface area contributed by atoms with Crippen molar-refractivity contribution < 1.29 is 60.7 Å². The van der Waals surface area contributed by atoms with E-state index in [0.29, 0.717) is 25.7 Å². The van der Waals surface area contributed by atoms with Crippen LogP contribution in [0, 0.1) is 0 Å². The van der Waals surface area contributed by atoms with Crippen LogP contribution in [0.4, 0.5) is 0 Å². The number of carbonyl (C=O) groups is 4. The number of carboxylic acids is 4. The van der Waals surface area contributed by atoms with E-state index < -0.39 is 48.0 Å². The molecule has 0 aromatic rings. The van der Waals surface area contributed by atoms with Crippen LogP contribution in [0.3, 0.4) is 0 Å². The van der Waals surface area contributed by atoms with Crippen LogP contribution in [0.1, 0.15) is 105 Å². The molecule has 13 heteroatoms. The van der Waals surface area contributed by atoms with Crippen LogP contribution in [0.25, 0.3) is 0 Å². The van der Waals surface area contributed by atoms with Crippen molar-refractivity contribution in [1.29, 1.82) is 0 Å². The fourth-order valence-corrected chi connectivity index (χ4v) is 2.17. The van der Waals surface area contributed by atoms with E-state index in [1.54, 1.807) is 0 Å². The summed E-state index contributed by atoms with van der Waals surface area (Å²) in [5.41, 5.74) is 20.6. The Labute approximate surface area is 236 Å². The molecule has 0 aliphatic rings. The molecule has 0 spiro atoms. The van der Waals surface area contributed by atoms with E-state index in [-0.39, 0.29) is 21.1 Å². The largest absolute Gasteiger partial charge is 4.00 e. The Balaban J connectivity index is -0.000000122. The average Bonchev–Trinajstić information content (AvgIpc) is 2.83. The van der Waals surface area contributed by atoms with Crippen LogP contribution < -0.4 is 43.4 Å². The number of rotatable bonds is 16. The minimum Gasteiger partial charge on any atom is -0.548 e. The van der Waals surface area contributed by atoms with Gasteiger partial charge in [0.1, 0.15) is 0 Å². The van der Waals surface area contributed by atoms with Gasteiger partial charge in [0.2, 0.25) is 0 Å². The second kappa shape index (κ2) is 32.4. The van der Waals surface area contributed by atoms with Gasteiger partial charge in [-0.15, -0.1) is 0 Å². The molecule has 218 valence electrons. The molecule has 0 bridgehead atoms. The Morgan fingerprint density at radius 1 is 0.459 bits per heavy atom. The van der Waals surface area contributed by atoms with E-state index in [1.807, 2.05) is 27.7 Å². The summed E-state index contributed by atoms with van der Waals surface area (Å²) in [6, 6.07) is -3.09. The Bertz CT molecular complexity index is 475. The Morgan fingerprint density at radius 2 is 0.595 bits per heavy atom. The summed E-state index contributed by atoms with van der Waals surface area (Å²) in [6.07, 6.45) is 9.42. The molecule has 0 radical (unpaired) electrons. The molecule has 0 rings (SSSR count).